The summed E-state index contributed by atoms with van der Waals surface area (Å²) in [4.78, 5) is 192. The summed E-state index contributed by atoms with van der Waals surface area (Å²) in [5.74, 6) is -23.9. The molecule has 0 spiro atoms. The molecule has 1 aromatic carbocycles. The van der Waals surface area contributed by atoms with Crippen LogP contribution in [0.25, 0.3) is 10.4 Å². The second kappa shape index (κ2) is 46.1. The van der Waals surface area contributed by atoms with Gasteiger partial charge in [-0.15, -0.1) is 0 Å². The number of halogens is 3. The van der Waals surface area contributed by atoms with E-state index >= 15 is 0 Å². The number of phenols is 1. The Morgan fingerprint density at radius 3 is 1.12 bits per heavy atom. The summed E-state index contributed by atoms with van der Waals surface area (Å²) in [6.07, 6.45) is -11.8. The molecule has 8 atom stereocenters. The monoisotopic (exact) mass is 1360 g/mol. The number of carbonyl (C=O) groups is 15. The minimum absolute atomic E-state index is 0.0242. The number of phenolic OH excluding ortho intramolecular Hbond substituents is 1. The van der Waals surface area contributed by atoms with Gasteiger partial charge in [-0.2, -0.15) is 13.2 Å². The second-order valence-electron chi connectivity index (χ2n) is 19.7. The number of benzene rings is 1. The molecule has 20 N–H and O–H groups in total. The number of azide groups is 1. The van der Waals surface area contributed by atoms with E-state index in [1.807, 2.05) is 16.0 Å². The van der Waals surface area contributed by atoms with Gasteiger partial charge < -0.3 is 109 Å². The molecule has 0 aliphatic heterocycles. The largest absolute Gasteiger partial charge is 0.508 e. The maximum absolute atomic E-state index is 14.2. The lowest BCUT2D eigenvalue weighted by molar-refractivity contribution is -0.192. The number of aromatic hydroxyl groups is 1. The fourth-order valence-corrected chi connectivity index (χ4v) is 7.54. The van der Waals surface area contributed by atoms with E-state index in [9.17, 15) is 116 Å². The molecule has 1 aromatic rings. The van der Waals surface area contributed by atoms with Crippen LogP contribution >= 0.6 is 0 Å². The number of ether oxygens (including phenoxy) is 3. The Bertz CT molecular complexity index is 2780. The summed E-state index contributed by atoms with van der Waals surface area (Å²) in [6.45, 7) is 0.824. The predicted molar refractivity (Wildman–Crippen MR) is 307 cm³/mol. The van der Waals surface area contributed by atoms with Crippen molar-refractivity contribution in [3.63, 3.8) is 0 Å². The van der Waals surface area contributed by atoms with Crippen LogP contribution in [0.2, 0.25) is 0 Å². The van der Waals surface area contributed by atoms with Crippen LogP contribution in [-0.2, 0) is 92.5 Å². The van der Waals surface area contributed by atoms with E-state index in [-0.39, 0.29) is 109 Å². The van der Waals surface area contributed by atoms with Gasteiger partial charge in [-0.25, -0.2) is 9.59 Å². The third-order valence-electron chi connectivity index (χ3n) is 12.1. The topological polar surface area (TPSA) is 643 Å². The molecule has 0 unspecified atom stereocenters. The molecule has 0 heterocycles. The van der Waals surface area contributed by atoms with Gasteiger partial charge in [0.25, 0.3) is 0 Å². The molecule has 0 bridgehead atoms. The lowest BCUT2D eigenvalue weighted by Crippen LogP contribution is -2.61. The van der Waals surface area contributed by atoms with Crippen LogP contribution in [0.4, 0.5) is 13.2 Å². The second-order valence-corrected chi connectivity index (χ2v) is 19.7. The molecule has 0 aromatic heterocycles. The number of alkyl halides is 3. The number of carbonyl (C=O) groups excluding carboxylic acids is 8. The quantitative estimate of drug-likeness (QED) is 0.0128. The maximum atomic E-state index is 14.2. The van der Waals surface area contributed by atoms with Crippen molar-refractivity contribution >= 4 is 89.0 Å². The highest BCUT2D eigenvalue weighted by atomic mass is 19.4. The summed E-state index contributed by atoms with van der Waals surface area (Å²) < 4.78 is 47.6. The summed E-state index contributed by atoms with van der Waals surface area (Å²) in [5, 5.41) is 95.0. The predicted octanol–water partition coefficient (Wildman–Crippen LogP) is -4.09. The minimum atomic E-state index is -5.08. The Morgan fingerprint density at radius 2 is 0.766 bits per heavy atom. The molecule has 0 aliphatic carbocycles. The number of unbranched alkanes of at least 4 members (excludes halogenated alkanes) is 2. The number of rotatable bonds is 48. The van der Waals surface area contributed by atoms with Gasteiger partial charge in [0.1, 0.15) is 54.1 Å². The van der Waals surface area contributed by atoms with Crippen molar-refractivity contribution in [2.45, 2.75) is 138 Å². The SMILES string of the molecule is O=C(O)C(F)(F)F.[N-]=[N+]=NCCOCCOCCOCCC(=O)N[C@@H](CC(=O)O)C(=O)N[C@@H](Cc1ccc(O)cc1)C(=O)N[C@@H](CCCCN)C(=O)N[C@@H](CC(=O)O)C(=O)N[C@@H](CC(=O)O)C(=O)N[C@@H](CC(=O)O)C(=O)N[C@@H](CC(=O)O)C(=O)N[C@@H](CCCCN)C(=O)O. The fourth-order valence-electron chi connectivity index (χ4n) is 7.54. The first-order chi connectivity index (χ1) is 44.1. The minimum Gasteiger partial charge on any atom is -0.508 e. The van der Waals surface area contributed by atoms with Gasteiger partial charge in [0.2, 0.25) is 47.3 Å². The molecule has 526 valence electrons. The van der Waals surface area contributed by atoms with Gasteiger partial charge >= 0.3 is 48.0 Å². The van der Waals surface area contributed by atoms with Crippen LogP contribution in [0.5, 0.6) is 5.75 Å². The van der Waals surface area contributed by atoms with Crippen LogP contribution in [0, 0.1) is 0 Å². The third-order valence-corrected chi connectivity index (χ3v) is 12.1. The first kappa shape index (κ1) is 84.0. The fraction of sp³-hybridized carbons (Fsp3) is 0.596. The smallest absolute Gasteiger partial charge is 0.490 e. The summed E-state index contributed by atoms with van der Waals surface area (Å²) >= 11 is 0. The Labute approximate surface area is 530 Å². The zero-order chi connectivity index (χ0) is 71.5. The third kappa shape index (κ3) is 38.6. The number of nitrogens with one attached hydrogen (secondary N) is 8. The van der Waals surface area contributed by atoms with Crippen molar-refractivity contribution < 1.29 is 140 Å². The molecule has 0 aliphatic rings. The lowest BCUT2D eigenvalue weighted by Gasteiger charge is -2.27. The molecule has 0 radical (unpaired) electrons. The molecule has 8 amide bonds. The van der Waals surface area contributed by atoms with Crippen LogP contribution < -0.4 is 54.0 Å². The molecule has 39 nitrogen and oxygen atoms in total. The van der Waals surface area contributed by atoms with Crippen LogP contribution in [0.1, 0.15) is 82.6 Å². The lowest BCUT2D eigenvalue weighted by atomic mass is 10.0. The van der Waals surface area contributed by atoms with Crippen LogP contribution in [0.3, 0.4) is 0 Å². The summed E-state index contributed by atoms with van der Waals surface area (Å²) in [7, 11) is 0. The van der Waals surface area contributed by atoms with Gasteiger partial charge in [-0.1, -0.05) is 17.2 Å². The number of carboxylic acids is 7. The molecule has 0 fully saturated rings. The highest BCUT2D eigenvalue weighted by Gasteiger charge is 2.39. The van der Waals surface area contributed by atoms with Crippen molar-refractivity contribution in [1.29, 1.82) is 0 Å². The first-order valence-electron chi connectivity index (χ1n) is 28.1. The molecular weight excluding hydrogens is 1280 g/mol. The van der Waals surface area contributed by atoms with Crippen molar-refractivity contribution in [3.8, 4) is 5.75 Å². The van der Waals surface area contributed by atoms with Crippen molar-refractivity contribution in [1.82, 2.24) is 42.5 Å². The Kier molecular flexibility index (Phi) is 41.2. The van der Waals surface area contributed by atoms with Crippen LogP contribution in [-0.4, -0.2) is 244 Å². The Hall–Kier alpha value is -10.0. The summed E-state index contributed by atoms with van der Waals surface area (Å²) in [5.41, 5.74) is 19.6. The number of nitrogens with two attached hydrogens (primary N) is 2. The van der Waals surface area contributed by atoms with E-state index in [0.29, 0.717) is 6.42 Å². The van der Waals surface area contributed by atoms with Crippen molar-refractivity contribution in [2.24, 2.45) is 16.6 Å². The van der Waals surface area contributed by atoms with E-state index in [4.69, 9.17) is 41.1 Å². The highest BCUT2D eigenvalue weighted by Crippen LogP contribution is 2.15. The maximum Gasteiger partial charge on any atom is 0.490 e. The molecule has 0 saturated carbocycles. The van der Waals surface area contributed by atoms with E-state index in [1.54, 1.807) is 0 Å². The number of hydrogen-bond acceptors (Lipinski definition) is 22. The number of aliphatic carboxylic acids is 7. The molecule has 0 saturated heterocycles. The summed E-state index contributed by atoms with van der Waals surface area (Å²) in [6, 6.07) is -10.7. The first-order valence-corrected chi connectivity index (χ1v) is 28.1. The zero-order valence-electron chi connectivity index (χ0n) is 50.0. The van der Waals surface area contributed by atoms with Gasteiger partial charge in [0.05, 0.1) is 71.7 Å². The Balaban J connectivity index is 0.0000116. The van der Waals surface area contributed by atoms with Crippen molar-refractivity contribution in [3.05, 3.63) is 40.3 Å². The van der Waals surface area contributed by atoms with Gasteiger partial charge in [0.15, 0.2) is 0 Å². The standard InChI is InChI=1S/C50H75N13O24.C2HF3O2/c51-12-3-1-5-29(56-44(77)31(21-27-7-9-28(64)10-8-27)58-45(78)32(22-38(66)67)55-37(65)11-15-85-17-19-87-20-18-86-16-14-54-63-53)43(76)59-34(24-40(70)71)47(80)61-36(26-42(74)75)49(82)62-35(25-41(72)73)48(81)60-33(23-39(68)69)46(79)57-30(50(83)84)6-2-4-13-52;3-2(4,5)1(6)7/h7-10,29-36,64H,1-6,11-26,51-52H2,(H,55,65)(H,56,77)(H,57,79)(H,58,78)(H,59,76)(H,60,81)(H,61,80)(H,62,82)(H,66,67)(H,68,69)(H,70,71)(H,72,73)(H,74,75)(H,83,84);(H,6,7)/t29-,30-,31-,32-,33-,34-,35-,36-;/m0./s1. The van der Waals surface area contributed by atoms with E-state index in [2.05, 4.69) is 36.6 Å². The van der Waals surface area contributed by atoms with Gasteiger partial charge in [-0.3, -0.25) is 62.3 Å². The number of carboxylic acid groups (broad SMARTS) is 7. The molecule has 1 rings (SSSR count). The normalized spacial score (nSPS) is 13.4. The van der Waals surface area contributed by atoms with Crippen LogP contribution in [0.15, 0.2) is 29.4 Å². The number of amides is 8. The average Bonchev–Trinajstić information content (AvgIpc) is 1.08. The van der Waals surface area contributed by atoms with Gasteiger partial charge in [0, 0.05) is 24.3 Å². The zero-order valence-corrected chi connectivity index (χ0v) is 50.0. The van der Waals surface area contributed by atoms with Gasteiger partial charge in [-0.05, 0) is 74.8 Å². The Morgan fingerprint density at radius 1 is 0.457 bits per heavy atom. The molecule has 94 heavy (non-hydrogen) atoms. The highest BCUT2D eigenvalue weighted by molar-refractivity contribution is 6.00. The van der Waals surface area contributed by atoms with E-state index in [0.717, 1.165) is 0 Å². The van der Waals surface area contributed by atoms with E-state index in [1.165, 1.54) is 24.3 Å². The number of hydrogen-bond donors (Lipinski definition) is 18. The van der Waals surface area contributed by atoms with Crippen molar-refractivity contribution in [2.75, 3.05) is 59.3 Å². The molecule has 42 heteroatoms. The molecular formula is C52H76F3N13O26. The number of nitrogens with zero attached hydrogens (tertiary/aromatic N) is 3. The average molecular weight is 1360 g/mol. The van der Waals surface area contributed by atoms with E-state index < -0.39 is 182 Å².